The smallest absolute Gasteiger partial charge is 0.328 e. The van der Waals surface area contributed by atoms with Gasteiger partial charge in [0, 0.05) is 31.1 Å². The highest BCUT2D eigenvalue weighted by atomic mass is 32.1. The number of rotatable bonds is 6. The average Bonchev–Trinajstić information content (AvgIpc) is 3.43. The van der Waals surface area contributed by atoms with Gasteiger partial charge in [0.1, 0.15) is 0 Å². The summed E-state index contributed by atoms with van der Waals surface area (Å²) in [6, 6.07) is 10.5. The molecule has 0 bridgehead atoms. The second-order valence-electron chi connectivity index (χ2n) is 8.93. The van der Waals surface area contributed by atoms with Gasteiger partial charge in [-0.1, -0.05) is 66.0 Å². The summed E-state index contributed by atoms with van der Waals surface area (Å²) in [5.41, 5.74) is 1.72. The Morgan fingerprint density at radius 1 is 1.06 bits per heavy atom. The fourth-order valence-electron chi connectivity index (χ4n) is 4.55. The molecule has 8 nitrogen and oxygen atoms in total. The van der Waals surface area contributed by atoms with Crippen LogP contribution in [0, 0.1) is 5.92 Å². The molecule has 0 amide bonds. The predicted octanol–water partition coefficient (Wildman–Crippen LogP) is 4.23. The van der Waals surface area contributed by atoms with E-state index in [9.17, 15) is 14.7 Å². The van der Waals surface area contributed by atoms with Crippen LogP contribution in [0.3, 0.4) is 0 Å². The minimum absolute atomic E-state index is 0.351. The molecule has 3 heterocycles. The molecule has 0 radical (unpaired) electrons. The van der Waals surface area contributed by atoms with Crippen LogP contribution < -0.4 is 0 Å². The summed E-state index contributed by atoms with van der Waals surface area (Å²) in [6.07, 6.45) is 16.3. The SMILES string of the molecule is O=C(O)/C=C\C(=O)O.OC1(C2CCN(Cc3cn4cc(-c5ccccc5)sc4n3)CC2)C=CC=CC1. The van der Waals surface area contributed by atoms with Crippen LogP contribution in [0.5, 0.6) is 0 Å². The third-order valence-electron chi connectivity index (χ3n) is 6.39. The van der Waals surface area contributed by atoms with Crippen LogP contribution in [0.15, 0.2) is 79.2 Å². The Balaban J connectivity index is 0.000000331. The van der Waals surface area contributed by atoms with Gasteiger partial charge in [0.15, 0.2) is 4.96 Å². The number of benzene rings is 1. The van der Waals surface area contributed by atoms with Gasteiger partial charge in [-0.3, -0.25) is 9.30 Å². The Morgan fingerprint density at radius 3 is 2.33 bits per heavy atom. The highest BCUT2D eigenvalue weighted by molar-refractivity contribution is 7.20. The molecule has 1 aromatic carbocycles. The van der Waals surface area contributed by atoms with Crippen molar-refractivity contribution in [1.29, 1.82) is 0 Å². The summed E-state index contributed by atoms with van der Waals surface area (Å²) in [7, 11) is 0. The largest absolute Gasteiger partial charge is 0.478 e. The van der Waals surface area contributed by atoms with E-state index in [1.165, 1.54) is 10.4 Å². The third kappa shape index (κ3) is 6.57. The van der Waals surface area contributed by atoms with Crippen LogP contribution in [-0.4, -0.2) is 60.2 Å². The Hall–Kier alpha value is -3.53. The highest BCUT2D eigenvalue weighted by Gasteiger charge is 2.36. The topological polar surface area (TPSA) is 115 Å². The molecule has 0 spiro atoms. The van der Waals surface area contributed by atoms with Crippen molar-refractivity contribution in [3.05, 3.63) is 84.9 Å². The van der Waals surface area contributed by atoms with Crippen LogP contribution in [0.25, 0.3) is 15.4 Å². The number of fused-ring (bicyclic) bond motifs is 1. The lowest BCUT2D eigenvalue weighted by Gasteiger charge is -2.40. The van der Waals surface area contributed by atoms with Crippen molar-refractivity contribution in [3.8, 4) is 10.4 Å². The maximum atomic E-state index is 10.9. The van der Waals surface area contributed by atoms with Crippen molar-refractivity contribution < 1.29 is 24.9 Å². The number of imidazole rings is 1. The molecule has 5 rings (SSSR count). The Bertz CT molecular complexity index is 1240. The van der Waals surface area contributed by atoms with E-state index in [2.05, 4.69) is 52.0 Å². The molecule has 2 aliphatic rings. The normalized spacial score (nSPS) is 20.5. The van der Waals surface area contributed by atoms with Gasteiger partial charge in [-0.15, -0.1) is 0 Å². The number of hydrogen-bond donors (Lipinski definition) is 3. The molecule has 36 heavy (non-hydrogen) atoms. The summed E-state index contributed by atoms with van der Waals surface area (Å²) < 4.78 is 2.15. The molecule has 3 N–H and O–H groups in total. The van der Waals surface area contributed by atoms with E-state index in [1.54, 1.807) is 11.3 Å². The molecule has 1 aliphatic carbocycles. The van der Waals surface area contributed by atoms with Crippen molar-refractivity contribution in [2.45, 2.75) is 31.4 Å². The van der Waals surface area contributed by atoms with E-state index >= 15 is 0 Å². The monoisotopic (exact) mass is 507 g/mol. The molecular weight excluding hydrogens is 478 g/mol. The van der Waals surface area contributed by atoms with E-state index in [4.69, 9.17) is 15.2 Å². The zero-order chi connectivity index (χ0) is 25.5. The van der Waals surface area contributed by atoms with Crippen LogP contribution >= 0.6 is 11.3 Å². The second kappa shape index (κ2) is 11.5. The Labute approximate surface area is 213 Å². The number of aromatic nitrogens is 2. The number of hydrogen-bond acceptors (Lipinski definition) is 6. The van der Waals surface area contributed by atoms with Crippen molar-refractivity contribution in [2.24, 2.45) is 5.92 Å². The number of thiazole rings is 1. The minimum atomic E-state index is -1.26. The van der Waals surface area contributed by atoms with Crippen LogP contribution in [0.1, 0.15) is 25.0 Å². The minimum Gasteiger partial charge on any atom is -0.478 e. The van der Waals surface area contributed by atoms with E-state index in [0.29, 0.717) is 18.1 Å². The first-order chi connectivity index (χ1) is 17.3. The summed E-state index contributed by atoms with van der Waals surface area (Å²) in [4.78, 5) is 28.7. The van der Waals surface area contributed by atoms with Crippen LogP contribution in [0.4, 0.5) is 0 Å². The number of carboxylic acid groups (broad SMARTS) is 2. The van der Waals surface area contributed by atoms with E-state index in [0.717, 1.165) is 49.6 Å². The zero-order valence-corrected chi connectivity index (χ0v) is 20.6. The molecule has 3 aromatic rings. The molecule has 1 fully saturated rings. The number of likely N-dealkylation sites (tertiary alicyclic amines) is 1. The molecule has 9 heteroatoms. The molecule has 1 atom stereocenters. The van der Waals surface area contributed by atoms with Crippen molar-refractivity contribution in [1.82, 2.24) is 14.3 Å². The summed E-state index contributed by atoms with van der Waals surface area (Å²) >= 11 is 1.74. The van der Waals surface area contributed by atoms with Gasteiger partial charge < -0.3 is 15.3 Å². The molecule has 188 valence electrons. The standard InChI is InChI=1S/C23H25N3OS.C4H4O4/c27-23(11-5-2-6-12-23)19-9-13-25(14-10-19)15-20-16-26-17-21(28-22(26)24-20)18-7-3-1-4-8-18;5-3(6)1-2-4(7)8/h1-8,11,16-17,19,27H,9-10,12-15H2;1-2H,(H,5,6)(H,7,8)/b;2-1-. The lowest BCUT2D eigenvalue weighted by atomic mass is 9.77. The number of aliphatic hydroxyl groups is 1. The number of nitrogens with zero attached hydrogens (tertiary/aromatic N) is 3. The fraction of sp³-hybridized carbons (Fsp3) is 0.296. The van der Waals surface area contributed by atoms with E-state index < -0.39 is 17.5 Å². The van der Waals surface area contributed by atoms with E-state index in [-0.39, 0.29) is 0 Å². The third-order valence-corrected chi connectivity index (χ3v) is 7.44. The van der Waals surface area contributed by atoms with Gasteiger partial charge in [-0.2, -0.15) is 0 Å². The summed E-state index contributed by atoms with van der Waals surface area (Å²) in [5.74, 6) is -2.16. The number of aliphatic carboxylic acids is 2. The lowest BCUT2D eigenvalue weighted by Crippen LogP contribution is -2.44. The lowest BCUT2D eigenvalue weighted by molar-refractivity contribution is -0.134. The first kappa shape index (κ1) is 25.6. The fourth-order valence-corrected chi connectivity index (χ4v) is 5.54. The maximum Gasteiger partial charge on any atom is 0.328 e. The Kier molecular flexibility index (Phi) is 8.14. The van der Waals surface area contributed by atoms with Crippen LogP contribution in [0.2, 0.25) is 0 Å². The molecular formula is C27H29N3O5S. The molecule has 1 saturated heterocycles. The first-order valence-corrected chi connectivity index (χ1v) is 12.6. The summed E-state index contributed by atoms with van der Waals surface area (Å²) in [6.45, 7) is 2.92. The molecule has 1 unspecified atom stereocenters. The van der Waals surface area contributed by atoms with Gasteiger partial charge >= 0.3 is 11.9 Å². The van der Waals surface area contributed by atoms with Crippen molar-refractivity contribution in [3.63, 3.8) is 0 Å². The first-order valence-electron chi connectivity index (χ1n) is 11.8. The van der Waals surface area contributed by atoms with Gasteiger partial charge in [-0.25, -0.2) is 14.6 Å². The van der Waals surface area contributed by atoms with Gasteiger partial charge in [0.05, 0.1) is 16.2 Å². The van der Waals surface area contributed by atoms with Crippen molar-refractivity contribution >= 4 is 28.2 Å². The van der Waals surface area contributed by atoms with Gasteiger partial charge in [0.25, 0.3) is 0 Å². The molecule has 1 aliphatic heterocycles. The van der Waals surface area contributed by atoms with Gasteiger partial charge in [0.2, 0.25) is 0 Å². The Morgan fingerprint density at radius 2 is 1.75 bits per heavy atom. The average molecular weight is 508 g/mol. The maximum absolute atomic E-state index is 10.9. The quantitative estimate of drug-likeness (QED) is 0.428. The van der Waals surface area contributed by atoms with Gasteiger partial charge in [-0.05, 0) is 43.8 Å². The van der Waals surface area contributed by atoms with E-state index in [1.807, 2.05) is 24.3 Å². The van der Waals surface area contributed by atoms with Crippen molar-refractivity contribution in [2.75, 3.05) is 13.1 Å². The highest BCUT2D eigenvalue weighted by Crippen LogP contribution is 2.34. The number of piperidine rings is 1. The predicted molar refractivity (Wildman–Crippen MR) is 139 cm³/mol. The zero-order valence-electron chi connectivity index (χ0n) is 19.7. The number of allylic oxidation sites excluding steroid dienone is 2. The summed E-state index contributed by atoms with van der Waals surface area (Å²) in [5, 5.41) is 26.5. The number of carbonyl (C=O) groups is 2. The second-order valence-corrected chi connectivity index (χ2v) is 9.94. The van der Waals surface area contributed by atoms with Crippen LogP contribution in [-0.2, 0) is 16.1 Å². The molecule has 0 saturated carbocycles. The molecule has 2 aromatic heterocycles. The number of carboxylic acids is 2.